The molecule has 0 bridgehead atoms. The monoisotopic (exact) mass is 667 g/mol. The molecule has 4 heterocycles. The van der Waals surface area contributed by atoms with Crippen molar-refractivity contribution in [3.63, 3.8) is 0 Å². The van der Waals surface area contributed by atoms with Gasteiger partial charge in [-0.3, -0.25) is 14.7 Å². The first-order chi connectivity index (χ1) is 22.0. The van der Waals surface area contributed by atoms with Crippen LogP contribution in [0.15, 0.2) is 41.5 Å². The lowest BCUT2D eigenvalue weighted by Gasteiger charge is -2.45. The van der Waals surface area contributed by atoms with Crippen LogP contribution in [0.1, 0.15) is 47.6 Å². The molecular weight excluding hydrogens is 626 g/mol. The molecule has 3 unspecified atom stereocenters. The van der Waals surface area contributed by atoms with Gasteiger partial charge in [-0.15, -0.1) is 0 Å². The number of nitrogens with zero attached hydrogens (tertiary/aromatic N) is 4. The van der Waals surface area contributed by atoms with Gasteiger partial charge in [0.2, 0.25) is 10.0 Å². The van der Waals surface area contributed by atoms with E-state index in [1.165, 1.54) is 13.4 Å². The third kappa shape index (κ3) is 6.98. The zero-order valence-electron chi connectivity index (χ0n) is 26.7. The molecule has 0 radical (unpaired) electrons. The van der Waals surface area contributed by atoms with Crippen LogP contribution in [0.3, 0.4) is 0 Å². The van der Waals surface area contributed by atoms with Crippen molar-refractivity contribution < 1.29 is 22.7 Å². The number of carbonyl (C=O) groups excluding carboxylic acids is 1. The van der Waals surface area contributed by atoms with Gasteiger partial charge in [0, 0.05) is 62.9 Å². The second-order valence-electron chi connectivity index (χ2n) is 12.8. The molecule has 0 spiro atoms. The van der Waals surface area contributed by atoms with Crippen molar-refractivity contribution >= 4 is 33.3 Å². The van der Waals surface area contributed by atoms with Crippen LogP contribution in [0, 0.1) is 17.8 Å². The SMILES string of the molecule is COC(=O)C1Cc2cc(C#Cc3cc(C4=NN(CCCN5CCOCC5)C5(C)CCN(S(C)(=O)=O)CC45)ccc3Cl)ccc2CN1. The molecule has 6 rings (SSSR count). The Hall–Kier alpha value is -2.98. The number of carbonyl (C=O) groups is 1. The summed E-state index contributed by atoms with van der Waals surface area (Å²) in [4.78, 5) is 14.5. The average molecular weight is 668 g/mol. The van der Waals surface area contributed by atoms with E-state index in [9.17, 15) is 13.2 Å². The number of hydrogen-bond acceptors (Lipinski definition) is 9. The molecule has 246 valence electrons. The Bertz CT molecular complexity index is 1680. The normalized spacial score (nSPS) is 25.2. The molecule has 0 saturated carbocycles. The molecule has 1 N–H and O–H groups in total. The highest BCUT2D eigenvalue weighted by atomic mass is 35.5. The summed E-state index contributed by atoms with van der Waals surface area (Å²) in [5, 5.41) is 11.2. The molecule has 2 saturated heterocycles. The maximum atomic E-state index is 12.6. The molecule has 4 aliphatic heterocycles. The highest BCUT2D eigenvalue weighted by Crippen LogP contribution is 2.42. The topological polar surface area (TPSA) is 104 Å². The Morgan fingerprint density at radius 1 is 1.13 bits per heavy atom. The Kier molecular flexibility index (Phi) is 9.76. The van der Waals surface area contributed by atoms with Crippen molar-refractivity contribution in [1.29, 1.82) is 0 Å². The van der Waals surface area contributed by atoms with Crippen LogP contribution < -0.4 is 5.32 Å². The van der Waals surface area contributed by atoms with Crippen LogP contribution in [-0.2, 0) is 37.3 Å². The number of benzene rings is 2. The minimum Gasteiger partial charge on any atom is -0.468 e. The summed E-state index contributed by atoms with van der Waals surface area (Å²) < 4.78 is 37.2. The van der Waals surface area contributed by atoms with Gasteiger partial charge >= 0.3 is 5.97 Å². The van der Waals surface area contributed by atoms with Crippen LogP contribution in [0.25, 0.3) is 0 Å². The minimum atomic E-state index is -3.35. The molecule has 2 aromatic carbocycles. The quantitative estimate of drug-likeness (QED) is 0.355. The number of rotatable bonds is 7. The first kappa shape index (κ1) is 32.9. The number of esters is 1. The van der Waals surface area contributed by atoms with Crippen molar-refractivity contribution in [3.05, 3.63) is 69.2 Å². The molecule has 0 aromatic heterocycles. The van der Waals surface area contributed by atoms with Gasteiger partial charge in [0.15, 0.2) is 0 Å². The number of piperidine rings is 1. The summed E-state index contributed by atoms with van der Waals surface area (Å²) in [5.41, 5.74) is 5.19. The van der Waals surface area contributed by atoms with Gasteiger partial charge in [-0.05, 0) is 67.1 Å². The smallest absolute Gasteiger partial charge is 0.323 e. The number of nitrogens with one attached hydrogen (secondary N) is 1. The average Bonchev–Trinajstić information content (AvgIpc) is 3.35. The maximum Gasteiger partial charge on any atom is 0.323 e. The zero-order valence-corrected chi connectivity index (χ0v) is 28.3. The molecule has 10 nitrogen and oxygen atoms in total. The van der Waals surface area contributed by atoms with E-state index >= 15 is 0 Å². The summed E-state index contributed by atoms with van der Waals surface area (Å²) in [5.74, 6) is 6.15. The minimum absolute atomic E-state index is 0.0987. The van der Waals surface area contributed by atoms with E-state index in [0.29, 0.717) is 43.1 Å². The molecule has 3 atom stereocenters. The highest BCUT2D eigenvalue weighted by molar-refractivity contribution is 7.88. The lowest BCUT2D eigenvalue weighted by molar-refractivity contribution is -0.143. The van der Waals surface area contributed by atoms with Gasteiger partial charge < -0.3 is 14.8 Å². The summed E-state index contributed by atoms with van der Waals surface area (Å²) in [6, 6.07) is 11.5. The summed E-state index contributed by atoms with van der Waals surface area (Å²) in [6.45, 7) is 8.88. The van der Waals surface area contributed by atoms with Gasteiger partial charge in [0.25, 0.3) is 0 Å². The standard InChI is InChI=1S/C34H42ClN5O5S/c1-34-11-14-39(46(3,42)43)23-29(34)32(37-40(34)13-4-12-38-15-17-45-18-16-38)26-9-10-30(35)25(20-26)7-5-24-6-8-27-22-36-31(33(41)44-2)21-28(27)19-24/h6,8-10,19-20,29,31,36H,4,11-18,21-23H2,1-3H3. The number of sulfonamides is 1. The van der Waals surface area contributed by atoms with Crippen LogP contribution in [-0.4, -0.2) is 112 Å². The van der Waals surface area contributed by atoms with E-state index in [1.54, 1.807) is 4.31 Å². The van der Waals surface area contributed by atoms with Crippen LogP contribution in [0.4, 0.5) is 0 Å². The number of methoxy groups -OCH3 is 1. The molecule has 2 aromatic rings. The Morgan fingerprint density at radius 3 is 2.70 bits per heavy atom. The zero-order chi connectivity index (χ0) is 32.5. The van der Waals surface area contributed by atoms with Crippen molar-refractivity contribution in [2.24, 2.45) is 11.0 Å². The van der Waals surface area contributed by atoms with E-state index in [1.807, 2.05) is 36.4 Å². The predicted octanol–water partition coefficient (Wildman–Crippen LogP) is 2.71. The van der Waals surface area contributed by atoms with E-state index < -0.39 is 10.0 Å². The molecule has 46 heavy (non-hydrogen) atoms. The van der Waals surface area contributed by atoms with Crippen LogP contribution >= 0.6 is 11.6 Å². The van der Waals surface area contributed by atoms with Gasteiger partial charge in [0.1, 0.15) is 6.04 Å². The number of hydrazone groups is 1. The number of halogens is 1. The third-order valence-corrected chi connectivity index (χ3v) is 11.4. The summed E-state index contributed by atoms with van der Waals surface area (Å²) >= 11 is 6.66. The van der Waals surface area contributed by atoms with E-state index in [0.717, 1.165) is 73.8 Å². The third-order valence-electron chi connectivity index (χ3n) is 9.83. The molecule has 0 amide bonds. The Balaban J connectivity index is 1.26. The van der Waals surface area contributed by atoms with Crippen molar-refractivity contribution in [3.8, 4) is 11.8 Å². The second-order valence-corrected chi connectivity index (χ2v) is 15.2. The number of hydrogen-bond donors (Lipinski definition) is 1. The fraction of sp³-hybridized carbons (Fsp3) is 0.529. The largest absolute Gasteiger partial charge is 0.468 e. The molecule has 12 heteroatoms. The van der Waals surface area contributed by atoms with Gasteiger partial charge in [-0.1, -0.05) is 35.6 Å². The second kappa shape index (κ2) is 13.6. The molecule has 2 fully saturated rings. The van der Waals surface area contributed by atoms with Gasteiger partial charge in [0.05, 0.1) is 42.9 Å². The lowest BCUT2D eigenvalue weighted by atomic mass is 9.76. The van der Waals surface area contributed by atoms with E-state index in [2.05, 4.69) is 34.0 Å². The maximum absolute atomic E-state index is 12.6. The van der Waals surface area contributed by atoms with Crippen molar-refractivity contribution in [1.82, 2.24) is 19.5 Å². The molecule has 0 aliphatic carbocycles. The molecular formula is C34H42ClN5O5S. The van der Waals surface area contributed by atoms with Gasteiger partial charge in [-0.2, -0.15) is 5.10 Å². The lowest BCUT2D eigenvalue weighted by Crippen LogP contribution is -2.57. The Labute approximate surface area is 277 Å². The van der Waals surface area contributed by atoms with Gasteiger partial charge in [-0.25, -0.2) is 12.7 Å². The fourth-order valence-electron chi connectivity index (χ4n) is 6.98. The summed E-state index contributed by atoms with van der Waals surface area (Å²) in [7, 11) is -1.95. The van der Waals surface area contributed by atoms with Crippen molar-refractivity contribution in [2.75, 3.05) is 65.8 Å². The summed E-state index contributed by atoms with van der Waals surface area (Å²) in [6.07, 6.45) is 3.48. The Morgan fingerprint density at radius 2 is 1.93 bits per heavy atom. The first-order valence-corrected chi connectivity index (χ1v) is 18.1. The number of morpholine rings is 1. The van der Waals surface area contributed by atoms with E-state index in [-0.39, 0.29) is 23.5 Å². The van der Waals surface area contributed by atoms with E-state index in [4.69, 9.17) is 26.2 Å². The first-order valence-electron chi connectivity index (χ1n) is 15.9. The highest BCUT2D eigenvalue weighted by Gasteiger charge is 2.51. The van der Waals surface area contributed by atoms with Crippen molar-refractivity contribution in [2.45, 2.75) is 44.3 Å². The number of ether oxygens (including phenoxy) is 2. The number of fused-ring (bicyclic) bond motifs is 2. The fourth-order valence-corrected chi connectivity index (χ4v) is 7.98. The van der Waals surface area contributed by atoms with Crippen LogP contribution in [0.5, 0.6) is 0 Å². The van der Waals surface area contributed by atoms with Crippen LogP contribution in [0.2, 0.25) is 5.02 Å². The molecule has 4 aliphatic rings. The predicted molar refractivity (Wildman–Crippen MR) is 178 cm³/mol.